The van der Waals surface area contributed by atoms with Crippen molar-refractivity contribution in [2.75, 3.05) is 6.54 Å². The maximum absolute atomic E-state index is 12.1. The minimum absolute atomic E-state index is 0.0157. The molecule has 0 saturated carbocycles. The van der Waals surface area contributed by atoms with E-state index < -0.39 is 5.97 Å². The first-order chi connectivity index (χ1) is 9.08. The maximum atomic E-state index is 12.1. The second kappa shape index (κ2) is 5.81. The molecule has 0 bridgehead atoms. The predicted molar refractivity (Wildman–Crippen MR) is 66.2 cm³/mol. The third kappa shape index (κ3) is 3.30. The molecule has 104 valence electrons. The molecule has 1 amide bonds. The third-order valence-electron chi connectivity index (χ3n) is 3.57. The van der Waals surface area contributed by atoms with Crippen molar-refractivity contribution >= 4 is 11.9 Å². The SMILES string of the molecule is CC1CC(C(=O)O)CCN1C(=O)CCn1cncn1. The largest absolute Gasteiger partial charge is 0.481 e. The van der Waals surface area contributed by atoms with E-state index in [1.165, 1.54) is 6.33 Å². The number of rotatable bonds is 4. The Morgan fingerprint density at radius 3 is 2.84 bits per heavy atom. The first-order valence-electron chi connectivity index (χ1n) is 6.42. The molecule has 1 fully saturated rings. The zero-order chi connectivity index (χ0) is 13.8. The van der Waals surface area contributed by atoms with Gasteiger partial charge in [0.1, 0.15) is 12.7 Å². The number of carbonyl (C=O) groups excluding carboxylic acids is 1. The van der Waals surface area contributed by atoms with Crippen molar-refractivity contribution in [2.45, 2.75) is 38.8 Å². The topological polar surface area (TPSA) is 88.3 Å². The van der Waals surface area contributed by atoms with Crippen LogP contribution in [0.15, 0.2) is 12.7 Å². The van der Waals surface area contributed by atoms with Crippen LogP contribution in [0.25, 0.3) is 0 Å². The van der Waals surface area contributed by atoms with Crippen molar-refractivity contribution in [3.8, 4) is 0 Å². The van der Waals surface area contributed by atoms with Crippen LogP contribution < -0.4 is 0 Å². The second-order valence-corrected chi connectivity index (χ2v) is 4.90. The molecule has 2 atom stereocenters. The Bertz CT molecular complexity index is 446. The molecule has 2 rings (SSSR count). The Kier molecular flexibility index (Phi) is 4.13. The van der Waals surface area contributed by atoms with Gasteiger partial charge in [-0.15, -0.1) is 0 Å². The van der Waals surface area contributed by atoms with Crippen molar-refractivity contribution < 1.29 is 14.7 Å². The molecule has 0 spiro atoms. The van der Waals surface area contributed by atoms with Gasteiger partial charge in [0.2, 0.25) is 5.91 Å². The van der Waals surface area contributed by atoms with E-state index in [1.807, 2.05) is 6.92 Å². The first-order valence-corrected chi connectivity index (χ1v) is 6.42. The molecule has 19 heavy (non-hydrogen) atoms. The lowest BCUT2D eigenvalue weighted by atomic mass is 9.91. The normalized spacial score (nSPS) is 23.3. The molecule has 7 nitrogen and oxygen atoms in total. The summed E-state index contributed by atoms with van der Waals surface area (Å²) >= 11 is 0. The molecule has 1 N–H and O–H groups in total. The molecule has 0 radical (unpaired) electrons. The Morgan fingerprint density at radius 2 is 2.26 bits per heavy atom. The van der Waals surface area contributed by atoms with Crippen LogP contribution in [-0.2, 0) is 16.1 Å². The number of nitrogens with zero attached hydrogens (tertiary/aromatic N) is 4. The monoisotopic (exact) mass is 266 g/mol. The summed E-state index contributed by atoms with van der Waals surface area (Å²) < 4.78 is 1.62. The van der Waals surface area contributed by atoms with E-state index in [-0.39, 0.29) is 17.9 Å². The maximum Gasteiger partial charge on any atom is 0.306 e. The van der Waals surface area contributed by atoms with Crippen LogP contribution >= 0.6 is 0 Å². The lowest BCUT2D eigenvalue weighted by Crippen LogP contribution is -2.46. The molecule has 7 heteroatoms. The summed E-state index contributed by atoms with van der Waals surface area (Å²) in [6.07, 6.45) is 4.45. The average Bonchev–Trinajstić information content (AvgIpc) is 2.88. The summed E-state index contributed by atoms with van der Waals surface area (Å²) in [5, 5.41) is 12.9. The molecule has 2 unspecified atom stereocenters. The predicted octanol–water partition coefficient (Wildman–Crippen LogP) is 0.380. The van der Waals surface area contributed by atoms with Gasteiger partial charge in [-0.2, -0.15) is 5.10 Å². The zero-order valence-electron chi connectivity index (χ0n) is 10.9. The standard InChI is InChI=1S/C12H18N4O3/c1-9-6-10(12(18)19)2-5-16(9)11(17)3-4-15-8-13-7-14-15/h7-10H,2-6H2,1H3,(H,18,19). The molecule has 1 aromatic heterocycles. The third-order valence-corrected chi connectivity index (χ3v) is 3.57. The van der Waals surface area contributed by atoms with Crippen LogP contribution in [0.2, 0.25) is 0 Å². The van der Waals surface area contributed by atoms with Gasteiger partial charge in [-0.3, -0.25) is 14.3 Å². The molecule has 1 aromatic rings. The van der Waals surface area contributed by atoms with Crippen LogP contribution in [0.3, 0.4) is 0 Å². The number of likely N-dealkylation sites (tertiary alicyclic amines) is 1. The summed E-state index contributed by atoms with van der Waals surface area (Å²) in [7, 11) is 0. The molecule has 1 aliphatic rings. The van der Waals surface area contributed by atoms with Crippen molar-refractivity contribution in [2.24, 2.45) is 5.92 Å². The van der Waals surface area contributed by atoms with Crippen molar-refractivity contribution in [3.63, 3.8) is 0 Å². The number of carbonyl (C=O) groups is 2. The fourth-order valence-corrected chi connectivity index (χ4v) is 2.47. The number of hydrogen-bond acceptors (Lipinski definition) is 4. The minimum atomic E-state index is -0.762. The number of aromatic nitrogens is 3. The lowest BCUT2D eigenvalue weighted by Gasteiger charge is -2.36. The highest BCUT2D eigenvalue weighted by Gasteiger charge is 2.31. The van der Waals surface area contributed by atoms with E-state index in [2.05, 4.69) is 10.1 Å². The minimum Gasteiger partial charge on any atom is -0.481 e. The Hall–Kier alpha value is -1.92. The summed E-state index contributed by atoms with van der Waals surface area (Å²) in [6, 6.07) is -0.0157. The van der Waals surface area contributed by atoms with Gasteiger partial charge in [-0.25, -0.2) is 4.98 Å². The van der Waals surface area contributed by atoms with Crippen LogP contribution in [0.1, 0.15) is 26.2 Å². The molecular weight excluding hydrogens is 248 g/mol. The number of amides is 1. The molecular formula is C12H18N4O3. The summed E-state index contributed by atoms with van der Waals surface area (Å²) in [6.45, 7) is 2.93. The van der Waals surface area contributed by atoms with E-state index in [1.54, 1.807) is 15.9 Å². The first kappa shape index (κ1) is 13.5. The van der Waals surface area contributed by atoms with Crippen LogP contribution in [0, 0.1) is 5.92 Å². The fourth-order valence-electron chi connectivity index (χ4n) is 2.47. The summed E-state index contributed by atoms with van der Waals surface area (Å²) in [4.78, 5) is 28.6. The average molecular weight is 266 g/mol. The van der Waals surface area contributed by atoms with Gasteiger partial charge in [0.25, 0.3) is 0 Å². The summed E-state index contributed by atoms with van der Waals surface area (Å²) in [5.74, 6) is -1.04. The van der Waals surface area contributed by atoms with Crippen LogP contribution in [-0.4, -0.2) is 49.2 Å². The Balaban J connectivity index is 1.84. The highest BCUT2D eigenvalue weighted by atomic mass is 16.4. The van der Waals surface area contributed by atoms with Gasteiger partial charge in [-0.1, -0.05) is 0 Å². The van der Waals surface area contributed by atoms with Gasteiger partial charge < -0.3 is 10.0 Å². The lowest BCUT2D eigenvalue weighted by molar-refractivity contribution is -0.147. The van der Waals surface area contributed by atoms with Gasteiger partial charge in [0, 0.05) is 19.0 Å². The number of piperidine rings is 1. The van der Waals surface area contributed by atoms with Crippen LogP contribution in [0.5, 0.6) is 0 Å². The molecule has 0 aromatic carbocycles. The van der Waals surface area contributed by atoms with Gasteiger partial charge in [-0.05, 0) is 19.8 Å². The van der Waals surface area contributed by atoms with E-state index in [0.717, 1.165) is 0 Å². The quantitative estimate of drug-likeness (QED) is 0.851. The van der Waals surface area contributed by atoms with Crippen LogP contribution in [0.4, 0.5) is 0 Å². The smallest absolute Gasteiger partial charge is 0.306 e. The molecule has 0 aliphatic carbocycles. The number of aryl methyl sites for hydroxylation is 1. The number of hydrogen-bond donors (Lipinski definition) is 1. The summed E-state index contributed by atoms with van der Waals surface area (Å²) in [5.41, 5.74) is 0. The van der Waals surface area contributed by atoms with E-state index in [0.29, 0.717) is 32.4 Å². The van der Waals surface area contributed by atoms with E-state index >= 15 is 0 Å². The number of aliphatic carboxylic acids is 1. The highest BCUT2D eigenvalue weighted by Crippen LogP contribution is 2.23. The van der Waals surface area contributed by atoms with E-state index in [4.69, 9.17) is 5.11 Å². The Labute approximate surface area is 111 Å². The fraction of sp³-hybridized carbons (Fsp3) is 0.667. The number of carboxylic acid groups (broad SMARTS) is 1. The van der Waals surface area contributed by atoms with Gasteiger partial charge in [0.15, 0.2) is 0 Å². The zero-order valence-corrected chi connectivity index (χ0v) is 10.9. The van der Waals surface area contributed by atoms with Crippen molar-refractivity contribution in [3.05, 3.63) is 12.7 Å². The Morgan fingerprint density at radius 1 is 1.47 bits per heavy atom. The highest BCUT2D eigenvalue weighted by molar-refractivity contribution is 5.77. The second-order valence-electron chi connectivity index (χ2n) is 4.90. The molecule has 1 saturated heterocycles. The molecule has 1 aliphatic heterocycles. The number of carboxylic acids is 1. The van der Waals surface area contributed by atoms with E-state index in [9.17, 15) is 9.59 Å². The van der Waals surface area contributed by atoms with Crippen molar-refractivity contribution in [1.29, 1.82) is 0 Å². The van der Waals surface area contributed by atoms with Crippen molar-refractivity contribution in [1.82, 2.24) is 19.7 Å². The van der Waals surface area contributed by atoms with Gasteiger partial charge in [0.05, 0.1) is 12.5 Å². The molecule has 2 heterocycles. The van der Waals surface area contributed by atoms with Gasteiger partial charge >= 0.3 is 5.97 Å².